The minimum absolute atomic E-state index is 0.133. The monoisotopic (exact) mass is 285 g/mol. The molecule has 0 radical (unpaired) electrons. The predicted octanol–water partition coefficient (Wildman–Crippen LogP) is 2.32. The third-order valence-corrected chi connectivity index (χ3v) is 2.88. The Kier molecular flexibility index (Phi) is 12.0. The molecule has 0 aliphatic rings. The van der Waals surface area contributed by atoms with Crippen LogP contribution >= 0.6 is 0 Å². The molecule has 0 spiro atoms. The van der Waals surface area contributed by atoms with Crippen LogP contribution in [0.5, 0.6) is 0 Å². The van der Waals surface area contributed by atoms with Crippen LogP contribution in [-0.2, 0) is 9.53 Å². The third-order valence-electron chi connectivity index (χ3n) is 2.88. The number of nitrogens with one attached hydrogen (secondary N) is 2. The molecular weight excluding hydrogens is 254 g/mol. The van der Waals surface area contributed by atoms with Crippen LogP contribution in [0.4, 0.5) is 0 Å². The summed E-state index contributed by atoms with van der Waals surface area (Å²) < 4.78 is 4.87. The van der Waals surface area contributed by atoms with E-state index in [1.165, 1.54) is 12.8 Å². The van der Waals surface area contributed by atoms with Crippen molar-refractivity contribution in [1.29, 1.82) is 0 Å². The van der Waals surface area contributed by atoms with E-state index in [0.29, 0.717) is 13.0 Å². The number of guanidine groups is 1. The van der Waals surface area contributed by atoms with Crippen molar-refractivity contribution in [1.82, 2.24) is 10.6 Å². The van der Waals surface area contributed by atoms with Gasteiger partial charge in [0.05, 0.1) is 6.61 Å². The smallest absolute Gasteiger partial charge is 0.305 e. The molecule has 0 saturated carbocycles. The highest BCUT2D eigenvalue weighted by Gasteiger charge is 2.02. The second-order valence-electron chi connectivity index (χ2n) is 5.22. The van der Waals surface area contributed by atoms with Crippen molar-refractivity contribution in [3.05, 3.63) is 0 Å². The summed E-state index contributed by atoms with van der Waals surface area (Å²) in [5.41, 5.74) is 0. The van der Waals surface area contributed by atoms with E-state index in [9.17, 15) is 4.79 Å². The van der Waals surface area contributed by atoms with Crippen LogP contribution in [0, 0.1) is 5.92 Å². The van der Waals surface area contributed by atoms with E-state index in [4.69, 9.17) is 4.74 Å². The molecule has 0 heterocycles. The Balaban J connectivity index is 3.55. The molecule has 0 atom stereocenters. The molecule has 118 valence electrons. The lowest BCUT2D eigenvalue weighted by Crippen LogP contribution is -2.38. The Morgan fingerprint density at radius 2 is 1.80 bits per heavy atom. The summed E-state index contributed by atoms with van der Waals surface area (Å²) in [4.78, 5) is 15.3. The molecule has 0 amide bonds. The first kappa shape index (κ1) is 18.7. The molecule has 0 aliphatic carbocycles. The first-order chi connectivity index (χ1) is 9.60. The summed E-state index contributed by atoms with van der Waals surface area (Å²) in [7, 11) is 1.76. The zero-order valence-electron chi connectivity index (χ0n) is 13.5. The molecule has 5 heteroatoms. The van der Waals surface area contributed by atoms with Crippen molar-refractivity contribution in [3.63, 3.8) is 0 Å². The first-order valence-electron chi connectivity index (χ1n) is 7.70. The average molecular weight is 285 g/mol. The zero-order valence-corrected chi connectivity index (χ0v) is 13.5. The van der Waals surface area contributed by atoms with E-state index in [0.717, 1.165) is 37.8 Å². The van der Waals surface area contributed by atoms with Gasteiger partial charge in [0, 0.05) is 26.6 Å². The number of ether oxygens (including phenoxy) is 1. The van der Waals surface area contributed by atoms with Crippen LogP contribution in [0.2, 0.25) is 0 Å². The van der Waals surface area contributed by atoms with Crippen LogP contribution in [0.1, 0.15) is 52.9 Å². The fourth-order valence-corrected chi connectivity index (χ4v) is 1.78. The van der Waals surface area contributed by atoms with Gasteiger partial charge in [-0.2, -0.15) is 0 Å². The highest BCUT2D eigenvalue weighted by atomic mass is 16.5. The maximum atomic E-state index is 11.2. The lowest BCUT2D eigenvalue weighted by molar-refractivity contribution is -0.143. The zero-order chi connectivity index (χ0) is 15.2. The van der Waals surface area contributed by atoms with Crippen LogP contribution in [0.15, 0.2) is 4.99 Å². The molecule has 0 aromatic carbocycles. The average Bonchev–Trinajstić information content (AvgIpc) is 2.40. The van der Waals surface area contributed by atoms with Crippen molar-refractivity contribution < 1.29 is 9.53 Å². The van der Waals surface area contributed by atoms with E-state index >= 15 is 0 Å². The largest absolute Gasteiger partial charge is 0.466 e. The lowest BCUT2D eigenvalue weighted by atomic mass is 10.1. The SMILES string of the molecule is CCOC(=O)CCCNC(=NC)NCCCCC(C)C. The van der Waals surface area contributed by atoms with Gasteiger partial charge in [0.25, 0.3) is 0 Å². The summed E-state index contributed by atoms with van der Waals surface area (Å²) in [5.74, 6) is 1.44. The van der Waals surface area contributed by atoms with E-state index in [-0.39, 0.29) is 5.97 Å². The summed E-state index contributed by atoms with van der Waals surface area (Å²) in [5, 5.41) is 6.48. The normalized spacial score (nSPS) is 11.6. The second-order valence-corrected chi connectivity index (χ2v) is 5.22. The van der Waals surface area contributed by atoms with E-state index in [2.05, 4.69) is 29.5 Å². The van der Waals surface area contributed by atoms with E-state index in [1.54, 1.807) is 7.05 Å². The topological polar surface area (TPSA) is 62.7 Å². The fourth-order valence-electron chi connectivity index (χ4n) is 1.78. The second kappa shape index (κ2) is 12.8. The third kappa shape index (κ3) is 11.8. The molecule has 0 saturated heterocycles. The van der Waals surface area contributed by atoms with Crippen molar-refractivity contribution in [2.45, 2.75) is 52.9 Å². The quantitative estimate of drug-likeness (QED) is 0.280. The summed E-state index contributed by atoms with van der Waals surface area (Å²) in [6.07, 6.45) is 4.87. The van der Waals surface area contributed by atoms with Crippen molar-refractivity contribution >= 4 is 11.9 Å². The van der Waals surface area contributed by atoms with Gasteiger partial charge in [-0.05, 0) is 25.7 Å². The Morgan fingerprint density at radius 1 is 1.15 bits per heavy atom. The van der Waals surface area contributed by atoms with Crippen molar-refractivity contribution in [3.8, 4) is 0 Å². The van der Waals surface area contributed by atoms with Gasteiger partial charge in [0.15, 0.2) is 5.96 Å². The van der Waals surface area contributed by atoms with Crippen molar-refractivity contribution in [2.75, 3.05) is 26.7 Å². The van der Waals surface area contributed by atoms with Crippen LogP contribution in [0.3, 0.4) is 0 Å². The number of unbranched alkanes of at least 4 members (excludes halogenated alkanes) is 1. The van der Waals surface area contributed by atoms with Gasteiger partial charge in [0.1, 0.15) is 0 Å². The number of aliphatic imine (C=N–C) groups is 1. The summed E-state index contributed by atoms with van der Waals surface area (Å²) in [6.45, 7) is 8.43. The van der Waals surface area contributed by atoms with Gasteiger partial charge in [-0.3, -0.25) is 9.79 Å². The molecule has 0 unspecified atom stereocenters. The Labute approximate surface area is 123 Å². The lowest BCUT2D eigenvalue weighted by Gasteiger charge is -2.12. The number of carbonyl (C=O) groups is 1. The molecule has 0 aliphatic heterocycles. The number of hydrogen-bond donors (Lipinski definition) is 2. The standard InChI is InChI=1S/C15H31N3O2/c1-5-20-14(19)10-8-12-18-15(16-4)17-11-7-6-9-13(2)3/h13H,5-12H2,1-4H3,(H2,16,17,18). The van der Waals surface area contributed by atoms with Gasteiger partial charge < -0.3 is 15.4 Å². The Bertz CT molecular complexity index is 278. The number of esters is 1. The number of rotatable bonds is 10. The molecule has 20 heavy (non-hydrogen) atoms. The van der Waals surface area contributed by atoms with Gasteiger partial charge in [-0.15, -0.1) is 0 Å². The van der Waals surface area contributed by atoms with Crippen LogP contribution in [0.25, 0.3) is 0 Å². The Morgan fingerprint density at radius 3 is 2.35 bits per heavy atom. The summed E-state index contributed by atoms with van der Waals surface area (Å²) in [6, 6.07) is 0. The molecule has 0 rings (SSSR count). The number of carbonyl (C=O) groups excluding carboxylic acids is 1. The molecule has 0 aromatic rings. The minimum atomic E-state index is -0.133. The van der Waals surface area contributed by atoms with E-state index in [1.807, 2.05) is 6.92 Å². The maximum absolute atomic E-state index is 11.2. The number of nitrogens with zero attached hydrogens (tertiary/aromatic N) is 1. The Hall–Kier alpha value is -1.26. The maximum Gasteiger partial charge on any atom is 0.305 e. The molecule has 0 fully saturated rings. The molecule has 5 nitrogen and oxygen atoms in total. The first-order valence-corrected chi connectivity index (χ1v) is 7.70. The van der Waals surface area contributed by atoms with Gasteiger partial charge in [-0.1, -0.05) is 26.7 Å². The molecular formula is C15H31N3O2. The molecule has 2 N–H and O–H groups in total. The molecule has 0 aromatic heterocycles. The molecule has 0 bridgehead atoms. The van der Waals surface area contributed by atoms with Gasteiger partial charge in [-0.25, -0.2) is 0 Å². The van der Waals surface area contributed by atoms with Gasteiger partial charge >= 0.3 is 5.97 Å². The van der Waals surface area contributed by atoms with E-state index < -0.39 is 0 Å². The van der Waals surface area contributed by atoms with Gasteiger partial charge in [0.2, 0.25) is 0 Å². The fraction of sp³-hybridized carbons (Fsp3) is 0.867. The van der Waals surface area contributed by atoms with Crippen molar-refractivity contribution in [2.24, 2.45) is 10.9 Å². The highest BCUT2D eigenvalue weighted by molar-refractivity contribution is 5.79. The minimum Gasteiger partial charge on any atom is -0.466 e. The summed E-state index contributed by atoms with van der Waals surface area (Å²) >= 11 is 0. The van der Waals surface area contributed by atoms with Crippen LogP contribution < -0.4 is 10.6 Å². The highest BCUT2D eigenvalue weighted by Crippen LogP contribution is 2.04. The number of hydrogen-bond acceptors (Lipinski definition) is 3. The predicted molar refractivity (Wildman–Crippen MR) is 83.9 cm³/mol. The van der Waals surface area contributed by atoms with Crippen LogP contribution in [-0.4, -0.2) is 38.7 Å².